The maximum Gasteiger partial charge on any atom is 0.246 e. The van der Waals surface area contributed by atoms with Gasteiger partial charge in [-0.05, 0) is 34.1 Å². The van der Waals surface area contributed by atoms with Gasteiger partial charge in [-0.1, -0.05) is 0 Å². The zero-order chi connectivity index (χ0) is 13.9. The first-order valence-corrected chi connectivity index (χ1v) is 7.89. The van der Waals surface area contributed by atoms with Gasteiger partial charge in [-0.2, -0.15) is 9.40 Å². The highest BCUT2D eigenvalue weighted by Gasteiger charge is 2.30. The summed E-state index contributed by atoms with van der Waals surface area (Å²) in [5, 5.41) is 6.66. The van der Waals surface area contributed by atoms with Crippen LogP contribution in [0.2, 0.25) is 0 Å². The molecule has 1 rings (SSSR count). The first-order valence-electron chi connectivity index (χ1n) is 5.91. The van der Waals surface area contributed by atoms with Gasteiger partial charge in [-0.15, -0.1) is 11.6 Å². The molecule has 1 aromatic rings. The highest BCUT2D eigenvalue weighted by atomic mass is 35.5. The van der Waals surface area contributed by atoms with Gasteiger partial charge in [0.25, 0.3) is 0 Å². The van der Waals surface area contributed by atoms with Crippen molar-refractivity contribution in [2.45, 2.75) is 45.1 Å². The van der Waals surface area contributed by atoms with E-state index < -0.39 is 10.0 Å². The third kappa shape index (κ3) is 3.05. The highest BCUT2D eigenvalue weighted by Crippen LogP contribution is 2.23. The van der Waals surface area contributed by atoms with Crippen LogP contribution in [0.1, 0.15) is 31.7 Å². The van der Waals surface area contributed by atoms with Crippen molar-refractivity contribution < 1.29 is 8.42 Å². The number of alkyl halides is 1. The number of aryl methyl sites for hydroxylation is 2. The summed E-state index contributed by atoms with van der Waals surface area (Å²) < 4.78 is 26.7. The molecule has 0 atom stereocenters. The van der Waals surface area contributed by atoms with Gasteiger partial charge in [-0.3, -0.25) is 5.10 Å². The van der Waals surface area contributed by atoms with Crippen molar-refractivity contribution in [1.82, 2.24) is 14.5 Å². The molecule has 18 heavy (non-hydrogen) atoms. The molecule has 0 radical (unpaired) electrons. The Kier molecular flexibility index (Phi) is 5.19. The second kappa shape index (κ2) is 6.04. The molecule has 0 aliphatic heterocycles. The first kappa shape index (κ1) is 15.5. The van der Waals surface area contributed by atoms with Crippen molar-refractivity contribution in [1.29, 1.82) is 0 Å². The molecule has 0 saturated carbocycles. The number of H-pyrrole nitrogens is 1. The van der Waals surface area contributed by atoms with E-state index in [1.165, 1.54) is 4.31 Å². The van der Waals surface area contributed by atoms with Crippen LogP contribution in [0.25, 0.3) is 0 Å². The zero-order valence-electron chi connectivity index (χ0n) is 11.2. The van der Waals surface area contributed by atoms with Gasteiger partial charge in [0.05, 0.1) is 11.4 Å². The summed E-state index contributed by atoms with van der Waals surface area (Å²) in [5.41, 5.74) is 1.08. The second-order valence-corrected chi connectivity index (χ2v) is 6.72. The lowest BCUT2D eigenvalue weighted by atomic mass is 10.3. The first-order chi connectivity index (χ1) is 8.32. The molecule has 5 nitrogen and oxygen atoms in total. The van der Waals surface area contributed by atoms with Gasteiger partial charge in [0.1, 0.15) is 4.90 Å². The molecule has 1 heterocycles. The predicted molar refractivity (Wildman–Crippen MR) is 72.4 cm³/mol. The molecule has 1 N–H and O–H groups in total. The van der Waals surface area contributed by atoms with E-state index in [9.17, 15) is 8.42 Å². The third-order valence-electron chi connectivity index (χ3n) is 2.72. The van der Waals surface area contributed by atoms with Crippen LogP contribution in [0.4, 0.5) is 0 Å². The van der Waals surface area contributed by atoms with E-state index in [1.54, 1.807) is 13.8 Å². The Morgan fingerprint density at radius 1 is 1.39 bits per heavy atom. The van der Waals surface area contributed by atoms with Crippen LogP contribution >= 0.6 is 11.6 Å². The quantitative estimate of drug-likeness (QED) is 0.816. The molecular formula is C11H20ClN3O2S. The van der Waals surface area contributed by atoms with Crippen molar-refractivity contribution in [2.75, 3.05) is 12.4 Å². The molecule has 0 aromatic carbocycles. The summed E-state index contributed by atoms with van der Waals surface area (Å²) in [4.78, 5) is 0.283. The molecule has 0 aliphatic carbocycles. The fourth-order valence-corrected chi connectivity index (χ4v) is 4.04. The smallest absolute Gasteiger partial charge is 0.246 e. The van der Waals surface area contributed by atoms with Crippen molar-refractivity contribution >= 4 is 21.6 Å². The fourth-order valence-electron chi connectivity index (χ4n) is 1.91. The topological polar surface area (TPSA) is 66.1 Å². The second-order valence-electron chi connectivity index (χ2n) is 4.52. The van der Waals surface area contributed by atoms with Gasteiger partial charge in [0.2, 0.25) is 10.0 Å². The molecule has 0 spiro atoms. The minimum Gasteiger partial charge on any atom is -0.281 e. The Balaban J connectivity index is 3.17. The highest BCUT2D eigenvalue weighted by molar-refractivity contribution is 7.89. The van der Waals surface area contributed by atoms with E-state index in [1.807, 2.05) is 13.8 Å². The van der Waals surface area contributed by atoms with E-state index in [4.69, 9.17) is 11.6 Å². The van der Waals surface area contributed by atoms with E-state index in [2.05, 4.69) is 10.2 Å². The van der Waals surface area contributed by atoms with Crippen LogP contribution in [-0.2, 0) is 10.0 Å². The van der Waals surface area contributed by atoms with Crippen molar-refractivity contribution in [3.05, 3.63) is 11.4 Å². The summed E-state index contributed by atoms with van der Waals surface area (Å²) in [6, 6.07) is -0.105. The van der Waals surface area contributed by atoms with Crippen LogP contribution in [0.15, 0.2) is 4.90 Å². The van der Waals surface area contributed by atoms with Gasteiger partial charge in [-0.25, -0.2) is 8.42 Å². The van der Waals surface area contributed by atoms with E-state index >= 15 is 0 Å². The van der Waals surface area contributed by atoms with Gasteiger partial charge >= 0.3 is 0 Å². The standard InChI is InChI=1S/C11H20ClN3O2S/c1-8(2)15(7-5-6-12)18(16,17)11-9(3)13-14-10(11)4/h8H,5-7H2,1-4H3,(H,13,14). The largest absolute Gasteiger partial charge is 0.281 e. The summed E-state index contributed by atoms with van der Waals surface area (Å²) in [6.45, 7) is 7.55. The van der Waals surface area contributed by atoms with Crippen LogP contribution in [0.5, 0.6) is 0 Å². The summed E-state index contributed by atoms with van der Waals surface area (Å²) in [7, 11) is -3.51. The molecule has 0 saturated heterocycles. The number of aromatic amines is 1. The molecule has 0 fully saturated rings. The molecule has 0 aliphatic rings. The van der Waals surface area contributed by atoms with Crippen molar-refractivity contribution in [2.24, 2.45) is 0 Å². The van der Waals surface area contributed by atoms with Crippen molar-refractivity contribution in [3.8, 4) is 0 Å². The fraction of sp³-hybridized carbons (Fsp3) is 0.727. The average Bonchev–Trinajstić information content (AvgIpc) is 2.58. The summed E-state index contributed by atoms with van der Waals surface area (Å²) >= 11 is 5.65. The van der Waals surface area contributed by atoms with Crippen molar-refractivity contribution in [3.63, 3.8) is 0 Å². The number of nitrogens with zero attached hydrogens (tertiary/aromatic N) is 2. The van der Waals surface area contributed by atoms with Crippen LogP contribution in [-0.4, -0.2) is 41.4 Å². The average molecular weight is 294 g/mol. The maximum atomic E-state index is 12.6. The molecule has 104 valence electrons. The number of hydrogen-bond acceptors (Lipinski definition) is 3. The number of aromatic nitrogens is 2. The molecule has 1 aromatic heterocycles. The Morgan fingerprint density at radius 2 is 2.00 bits per heavy atom. The lowest BCUT2D eigenvalue weighted by Crippen LogP contribution is -2.38. The summed E-state index contributed by atoms with van der Waals surface area (Å²) in [6.07, 6.45) is 0.634. The Morgan fingerprint density at radius 3 is 2.39 bits per heavy atom. The molecule has 0 bridgehead atoms. The number of nitrogens with one attached hydrogen (secondary N) is 1. The molecule has 0 amide bonds. The van der Waals surface area contributed by atoms with Gasteiger partial charge < -0.3 is 0 Å². The van der Waals surface area contributed by atoms with Crippen LogP contribution in [0, 0.1) is 13.8 Å². The summed E-state index contributed by atoms with van der Waals surface area (Å²) in [5.74, 6) is 0.447. The number of rotatable bonds is 6. The van der Waals surface area contributed by atoms with Gasteiger partial charge in [0.15, 0.2) is 0 Å². The Hall–Kier alpha value is -0.590. The zero-order valence-corrected chi connectivity index (χ0v) is 12.8. The lowest BCUT2D eigenvalue weighted by Gasteiger charge is -2.25. The molecule has 0 unspecified atom stereocenters. The van der Waals surface area contributed by atoms with E-state index in [0.717, 1.165) is 0 Å². The molecular weight excluding hydrogens is 274 g/mol. The molecule has 7 heteroatoms. The Bertz CT molecular complexity index is 477. The predicted octanol–water partition coefficient (Wildman–Crippen LogP) is 2.05. The number of halogens is 1. The third-order valence-corrected chi connectivity index (χ3v) is 5.32. The monoisotopic (exact) mass is 293 g/mol. The van der Waals surface area contributed by atoms with Crippen LogP contribution in [0.3, 0.4) is 0 Å². The number of sulfonamides is 1. The minimum atomic E-state index is -3.51. The minimum absolute atomic E-state index is 0.105. The Labute approximate surface area is 114 Å². The van der Waals surface area contributed by atoms with Crippen LogP contribution < -0.4 is 0 Å². The number of hydrogen-bond donors (Lipinski definition) is 1. The lowest BCUT2D eigenvalue weighted by molar-refractivity contribution is 0.354. The van der Waals surface area contributed by atoms with E-state index in [0.29, 0.717) is 30.2 Å². The normalized spacial score (nSPS) is 12.6. The van der Waals surface area contributed by atoms with E-state index in [-0.39, 0.29) is 10.9 Å². The van der Waals surface area contributed by atoms with Gasteiger partial charge in [0, 0.05) is 18.5 Å². The maximum absolute atomic E-state index is 12.6. The SMILES string of the molecule is Cc1n[nH]c(C)c1S(=O)(=O)N(CCCCl)C(C)C.